The van der Waals surface area contributed by atoms with Gasteiger partial charge in [0.25, 0.3) is 0 Å². The molecule has 0 radical (unpaired) electrons. The van der Waals surface area contributed by atoms with Gasteiger partial charge in [0.2, 0.25) is 0 Å². The number of nitrogens with one attached hydrogen (secondary N) is 1. The predicted molar refractivity (Wildman–Crippen MR) is 71.7 cm³/mol. The molecule has 100 valence electrons. The summed E-state index contributed by atoms with van der Waals surface area (Å²) < 4.78 is 5.11. The first-order valence-corrected chi connectivity index (χ1v) is 6.54. The van der Waals surface area contributed by atoms with E-state index < -0.39 is 0 Å². The summed E-state index contributed by atoms with van der Waals surface area (Å²) in [7, 11) is 1.76. The number of hydrogen-bond donors (Lipinski definition) is 1. The van der Waals surface area contributed by atoms with Gasteiger partial charge >= 0.3 is 0 Å². The fourth-order valence-corrected chi connectivity index (χ4v) is 2.26. The van der Waals surface area contributed by atoms with E-state index in [-0.39, 0.29) is 0 Å². The van der Waals surface area contributed by atoms with E-state index in [4.69, 9.17) is 4.74 Å². The monoisotopic (exact) mass is 250 g/mol. The van der Waals surface area contributed by atoms with Gasteiger partial charge in [-0.3, -0.25) is 0 Å². The molecule has 1 aliphatic rings. The van der Waals surface area contributed by atoms with Gasteiger partial charge in [-0.1, -0.05) is 0 Å². The predicted octanol–water partition coefficient (Wildman–Crippen LogP) is 1.31. The Bertz CT molecular complexity index is 364. The maximum atomic E-state index is 5.11. The van der Waals surface area contributed by atoms with Crippen LogP contribution in [-0.2, 0) is 4.74 Å². The number of methoxy groups -OCH3 is 1. The summed E-state index contributed by atoms with van der Waals surface area (Å²) >= 11 is 0. The van der Waals surface area contributed by atoms with Crippen molar-refractivity contribution >= 4 is 5.82 Å². The number of nitrogens with zero attached hydrogens (tertiary/aromatic N) is 3. The van der Waals surface area contributed by atoms with Crippen LogP contribution >= 0.6 is 0 Å². The molecule has 0 unspecified atom stereocenters. The molecule has 1 saturated heterocycles. The zero-order chi connectivity index (χ0) is 12.8. The Hall–Kier alpha value is -1.20. The van der Waals surface area contributed by atoms with E-state index in [9.17, 15) is 0 Å². The molecule has 1 aromatic rings. The van der Waals surface area contributed by atoms with Gasteiger partial charge in [-0.2, -0.15) is 0 Å². The van der Waals surface area contributed by atoms with Crippen molar-refractivity contribution in [2.24, 2.45) is 0 Å². The summed E-state index contributed by atoms with van der Waals surface area (Å²) in [4.78, 5) is 10.8. The minimum atomic E-state index is 0.526. The number of piperidine rings is 1. The highest BCUT2D eigenvalue weighted by atomic mass is 16.5. The van der Waals surface area contributed by atoms with Crippen molar-refractivity contribution < 1.29 is 4.74 Å². The Morgan fingerprint density at radius 2 is 2.17 bits per heavy atom. The second-order valence-electron chi connectivity index (χ2n) is 4.80. The maximum Gasteiger partial charge on any atom is 0.129 e. The first-order valence-electron chi connectivity index (χ1n) is 6.54. The highest BCUT2D eigenvalue weighted by Gasteiger charge is 2.18. The minimum absolute atomic E-state index is 0.526. The van der Waals surface area contributed by atoms with E-state index in [2.05, 4.69) is 20.2 Å². The van der Waals surface area contributed by atoms with Crippen molar-refractivity contribution in [3.05, 3.63) is 18.1 Å². The smallest absolute Gasteiger partial charge is 0.129 e. The molecule has 1 fully saturated rings. The Kier molecular flexibility index (Phi) is 4.90. The molecule has 1 aliphatic heterocycles. The molecule has 2 rings (SSSR count). The topological polar surface area (TPSA) is 50.3 Å². The lowest BCUT2D eigenvalue weighted by Crippen LogP contribution is -2.40. The van der Waals surface area contributed by atoms with Crippen molar-refractivity contribution in [1.82, 2.24) is 14.9 Å². The van der Waals surface area contributed by atoms with Crippen molar-refractivity contribution in [3.63, 3.8) is 0 Å². The third kappa shape index (κ3) is 3.92. The Labute approximate surface area is 109 Å². The molecule has 1 aromatic heterocycles. The summed E-state index contributed by atoms with van der Waals surface area (Å²) in [6.07, 6.45) is 3.94. The van der Waals surface area contributed by atoms with E-state index in [1.165, 1.54) is 0 Å². The maximum absolute atomic E-state index is 5.11. The van der Waals surface area contributed by atoms with Crippen LogP contribution in [0.4, 0.5) is 5.82 Å². The Morgan fingerprint density at radius 1 is 1.39 bits per heavy atom. The number of likely N-dealkylation sites (tertiary alicyclic amines) is 1. The summed E-state index contributed by atoms with van der Waals surface area (Å²) in [6, 6.07) is 2.52. The molecule has 0 aliphatic carbocycles. The van der Waals surface area contributed by atoms with Gasteiger partial charge in [0.05, 0.1) is 6.61 Å². The molecule has 5 heteroatoms. The highest BCUT2D eigenvalue weighted by Crippen LogP contribution is 2.15. The molecule has 5 nitrogen and oxygen atoms in total. The van der Waals surface area contributed by atoms with Crippen LogP contribution in [0.15, 0.2) is 12.4 Å². The summed E-state index contributed by atoms with van der Waals surface area (Å²) in [5.74, 6) is 0.942. The van der Waals surface area contributed by atoms with Gasteiger partial charge < -0.3 is 15.0 Å². The molecule has 0 atom stereocenters. The fourth-order valence-electron chi connectivity index (χ4n) is 2.26. The fraction of sp³-hybridized carbons (Fsp3) is 0.692. The van der Waals surface area contributed by atoms with Gasteiger partial charge in [-0.15, -0.1) is 0 Å². The number of anilines is 1. The van der Waals surface area contributed by atoms with Crippen LogP contribution in [0.25, 0.3) is 0 Å². The van der Waals surface area contributed by atoms with Crippen LogP contribution in [0, 0.1) is 6.92 Å². The van der Waals surface area contributed by atoms with E-state index in [0.717, 1.165) is 50.6 Å². The SMILES string of the molecule is COCCN1CCC(Nc2cc(C)ncn2)CC1. The van der Waals surface area contributed by atoms with Crippen molar-refractivity contribution in [3.8, 4) is 0 Å². The molecule has 0 amide bonds. The van der Waals surface area contributed by atoms with Gasteiger partial charge in [0.15, 0.2) is 0 Å². The molecule has 18 heavy (non-hydrogen) atoms. The average molecular weight is 250 g/mol. The van der Waals surface area contributed by atoms with Crippen molar-refractivity contribution in [2.75, 3.05) is 38.7 Å². The second-order valence-corrected chi connectivity index (χ2v) is 4.80. The summed E-state index contributed by atoms with van der Waals surface area (Å²) in [5.41, 5.74) is 1.00. The zero-order valence-corrected chi connectivity index (χ0v) is 11.2. The van der Waals surface area contributed by atoms with Crippen LogP contribution in [-0.4, -0.2) is 54.3 Å². The van der Waals surface area contributed by atoms with Crippen LogP contribution < -0.4 is 5.32 Å². The quantitative estimate of drug-likeness (QED) is 0.854. The molecular formula is C13H22N4O. The van der Waals surface area contributed by atoms with Crippen LogP contribution in [0.5, 0.6) is 0 Å². The van der Waals surface area contributed by atoms with E-state index in [1.54, 1.807) is 13.4 Å². The number of hydrogen-bond acceptors (Lipinski definition) is 5. The number of aryl methyl sites for hydroxylation is 1. The molecule has 0 aromatic carbocycles. The van der Waals surface area contributed by atoms with Crippen molar-refractivity contribution in [1.29, 1.82) is 0 Å². The largest absolute Gasteiger partial charge is 0.383 e. The normalized spacial score (nSPS) is 17.9. The van der Waals surface area contributed by atoms with Gasteiger partial charge in [0.1, 0.15) is 12.1 Å². The Balaban J connectivity index is 1.76. The third-order valence-electron chi connectivity index (χ3n) is 3.36. The standard InChI is InChI=1S/C13H22N4O/c1-11-9-13(15-10-14-11)16-12-3-5-17(6-4-12)7-8-18-2/h9-10,12H,3-8H2,1-2H3,(H,14,15,16). The lowest BCUT2D eigenvalue weighted by molar-refractivity contribution is 0.132. The third-order valence-corrected chi connectivity index (χ3v) is 3.36. The van der Waals surface area contributed by atoms with Crippen molar-refractivity contribution in [2.45, 2.75) is 25.8 Å². The zero-order valence-electron chi connectivity index (χ0n) is 11.2. The van der Waals surface area contributed by atoms with E-state index >= 15 is 0 Å². The van der Waals surface area contributed by atoms with Crippen LogP contribution in [0.1, 0.15) is 18.5 Å². The lowest BCUT2D eigenvalue weighted by Gasteiger charge is -2.32. The molecule has 1 N–H and O–H groups in total. The van der Waals surface area contributed by atoms with Gasteiger partial charge in [0, 0.05) is 44.5 Å². The van der Waals surface area contributed by atoms with E-state index in [1.807, 2.05) is 13.0 Å². The van der Waals surface area contributed by atoms with Crippen LogP contribution in [0.3, 0.4) is 0 Å². The van der Waals surface area contributed by atoms with Gasteiger partial charge in [-0.05, 0) is 19.8 Å². The summed E-state index contributed by atoms with van der Waals surface area (Å²) in [6.45, 7) is 6.11. The molecular weight excluding hydrogens is 228 g/mol. The number of rotatable bonds is 5. The van der Waals surface area contributed by atoms with E-state index in [0.29, 0.717) is 6.04 Å². The molecule has 0 spiro atoms. The lowest BCUT2D eigenvalue weighted by atomic mass is 10.1. The molecule has 0 bridgehead atoms. The highest BCUT2D eigenvalue weighted by molar-refractivity contribution is 5.35. The molecule has 2 heterocycles. The summed E-state index contributed by atoms with van der Waals surface area (Å²) in [5, 5.41) is 3.49. The Morgan fingerprint density at radius 3 is 2.83 bits per heavy atom. The van der Waals surface area contributed by atoms with Crippen LogP contribution in [0.2, 0.25) is 0 Å². The second kappa shape index (κ2) is 6.66. The average Bonchev–Trinajstić information content (AvgIpc) is 2.38. The molecule has 0 saturated carbocycles. The number of aromatic nitrogens is 2. The first-order chi connectivity index (χ1) is 8.78. The minimum Gasteiger partial charge on any atom is -0.383 e. The first kappa shape index (κ1) is 13.2. The van der Waals surface area contributed by atoms with Gasteiger partial charge in [-0.25, -0.2) is 9.97 Å². The number of ether oxygens (including phenoxy) is 1.